The van der Waals surface area contributed by atoms with Gasteiger partial charge in [-0.2, -0.15) is 0 Å². The van der Waals surface area contributed by atoms with E-state index in [1.54, 1.807) is 18.2 Å². The molecule has 1 atom stereocenters. The molecule has 0 bridgehead atoms. The van der Waals surface area contributed by atoms with E-state index in [0.29, 0.717) is 29.9 Å². The summed E-state index contributed by atoms with van der Waals surface area (Å²) in [7, 11) is 0. The lowest BCUT2D eigenvalue weighted by atomic mass is 9.91. The summed E-state index contributed by atoms with van der Waals surface area (Å²) in [5, 5.41) is 1.94. The van der Waals surface area contributed by atoms with Crippen molar-refractivity contribution in [1.29, 1.82) is 0 Å². The molecule has 0 aliphatic carbocycles. The lowest BCUT2D eigenvalue weighted by molar-refractivity contribution is -0.139. The Hall–Kier alpha value is -3.05. The molecule has 27 heavy (non-hydrogen) atoms. The van der Waals surface area contributed by atoms with Gasteiger partial charge in [0.1, 0.15) is 5.75 Å². The van der Waals surface area contributed by atoms with Crippen LogP contribution in [0.3, 0.4) is 0 Å². The smallest absolute Gasteiger partial charge is 0.315 e. The summed E-state index contributed by atoms with van der Waals surface area (Å²) in [6.07, 6.45) is 0.950. The lowest BCUT2D eigenvalue weighted by Gasteiger charge is -2.23. The van der Waals surface area contributed by atoms with Crippen LogP contribution in [0.5, 0.6) is 5.75 Å². The molecule has 0 radical (unpaired) electrons. The van der Waals surface area contributed by atoms with Gasteiger partial charge < -0.3 is 4.74 Å². The van der Waals surface area contributed by atoms with Crippen LogP contribution < -0.4 is 4.74 Å². The van der Waals surface area contributed by atoms with Gasteiger partial charge in [-0.05, 0) is 41.6 Å². The molecule has 3 aromatic rings. The van der Waals surface area contributed by atoms with Crippen LogP contribution in [-0.4, -0.2) is 17.6 Å². The quantitative estimate of drug-likeness (QED) is 0.382. The number of nitrogens with zero attached hydrogens (tertiary/aromatic N) is 1. The van der Waals surface area contributed by atoms with Crippen LogP contribution >= 0.6 is 11.3 Å². The predicted octanol–water partition coefficient (Wildman–Crippen LogP) is 4.55. The highest BCUT2D eigenvalue weighted by Gasteiger charge is 2.30. The molecule has 1 aliphatic rings. The SMILES string of the molecule is O=C(N=C(C[C@@H]1Cc2ccccc2OC1=O)c1cccs1)c1ccccc1. The minimum absolute atomic E-state index is 0.273. The second kappa shape index (κ2) is 7.68. The Morgan fingerprint density at radius 1 is 1.04 bits per heavy atom. The minimum Gasteiger partial charge on any atom is -0.426 e. The Balaban J connectivity index is 1.62. The van der Waals surface area contributed by atoms with Crippen molar-refractivity contribution in [3.63, 3.8) is 0 Å². The molecule has 0 spiro atoms. The van der Waals surface area contributed by atoms with Gasteiger partial charge in [0, 0.05) is 16.9 Å². The van der Waals surface area contributed by atoms with Gasteiger partial charge in [0.15, 0.2) is 0 Å². The van der Waals surface area contributed by atoms with Crippen LogP contribution in [-0.2, 0) is 11.2 Å². The van der Waals surface area contributed by atoms with Gasteiger partial charge in [0.2, 0.25) is 0 Å². The zero-order valence-corrected chi connectivity index (χ0v) is 15.3. The number of thiophene rings is 1. The van der Waals surface area contributed by atoms with E-state index in [4.69, 9.17) is 4.74 Å². The highest BCUT2D eigenvalue weighted by atomic mass is 32.1. The summed E-state index contributed by atoms with van der Waals surface area (Å²) in [5.74, 6) is -0.313. The molecular weight excluding hydrogens is 358 g/mol. The fourth-order valence-corrected chi connectivity index (χ4v) is 3.84. The number of ether oxygens (including phenoxy) is 1. The topological polar surface area (TPSA) is 55.7 Å². The molecule has 2 aromatic carbocycles. The van der Waals surface area contributed by atoms with E-state index in [0.717, 1.165) is 10.4 Å². The summed E-state index contributed by atoms with van der Waals surface area (Å²) in [6, 6.07) is 20.3. The first-order valence-corrected chi connectivity index (χ1v) is 9.59. The van der Waals surface area contributed by atoms with Crippen molar-refractivity contribution < 1.29 is 14.3 Å². The fraction of sp³-hybridized carbons (Fsp3) is 0.136. The van der Waals surface area contributed by atoms with Gasteiger partial charge in [0.05, 0.1) is 11.6 Å². The van der Waals surface area contributed by atoms with E-state index < -0.39 is 0 Å². The molecule has 0 saturated heterocycles. The normalized spacial score (nSPS) is 16.5. The van der Waals surface area contributed by atoms with Crippen LogP contribution in [0.1, 0.15) is 27.2 Å². The molecule has 1 amide bonds. The van der Waals surface area contributed by atoms with Crippen LogP contribution in [0.15, 0.2) is 77.1 Å². The summed E-state index contributed by atoms with van der Waals surface area (Å²) in [4.78, 5) is 30.3. The maximum absolute atomic E-state index is 12.6. The number of fused-ring (bicyclic) bond motifs is 1. The molecule has 0 fully saturated rings. The Kier molecular flexibility index (Phi) is 4.94. The number of hydrogen-bond acceptors (Lipinski definition) is 4. The van der Waals surface area contributed by atoms with Gasteiger partial charge in [-0.1, -0.05) is 42.5 Å². The Bertz CT molecular complexity index is 993. The molecule has 5 heteroatoms. The summed E-state index contributed by atoms with van der Waals surface area (Å²) >= 11 is 1.51. The van der Waals surface area contributed by atoms with Crippen molar-refractivity contribution in [2.75, 3.05) is 0 Å². The average Bonchev–Trinajstić information content (AvgIpc) is 3.23. The van der Waals surface area contributed by atoms with Gasteiger partial charge in [-0.25, -0.2) is 4.99 Å². The van der Waals surface area contributed by atoms with E-state index >= 15 is 0 Å². The van der Waals surface area contributed by atoms with E-state index in [9.17, 15) is 9.59 Å². The number of aliphatic imine (C=N–C) groups is 1. The monoisotopic (exact) mass is 375 g/mol. The highest BCUT2D eigenvalue weighted by Crippen LogP contribution is 2.30. The van der Waals surface area contributed by atoms with E-state index in [2.05, 4.69) is 4.99 Å². The first-order valence-electron chi connectivity index (χ1n) is 8.71. The van der Waals surface area contributed by atoms with E-state index in [-0.39, 0.29) is 17.8 Å². The van der Waals surface area contributed by atoms with Crippen molar-refractivity contribution in [3.8, 4) is 5.75 Å². The molecule has 0 unspecified atom stereocenters. The number of hydrogen-bond donors (Lipinski definition) is 0. The fourth-order valence-electron chi connectivity index (χ4n) is 3.11. The van der Waals surface area contributed by atoms with Crippen LogP contribution in [0.25, 0.3) is 0 Å². The largest absolute Gasteiger partial charge is 0.426 e. The number of rotatable bonds is 4. The second-order valence-electron chi connectivity index (χ2n) is 6.34. The van der Waals surface area contributed by atoms with Crippen molar-refractivity contribution in [2.45, 2.75) is 12.8 Å². The molecule has 0 N–H and O–H groups in total. The molecule has 1 aliphatic heterocycles. The molecule has 0 saturated carbocycles. The summed E-state index contributed by atoms with van der Waals surface area (Å²) in [6.45, 7) is 0. The van der Waals surface area contributed by atoms with Crippen LogP contribution in [0.4, 0.5) is 0 Å². The number of carbonyl (C=O) groups excluding carboxylic acids is 2. The molecule has 1 aromatic heterocycles. The van der Waals surface area contributed by atoms with Crippen molar-refractivity contribution >= 4 is 28.9 Å². The number of benzene rings is 2. The molecule has 4 nitrogen and oxygen atoms in total. The zero-order valence-electron chi connectivity index (χ0n) is 14.5. The number of amides is 1. The third kappa shape index (κ3) is 3.88. The van der Waals surface area contributed by atoms with Gasteiger partial charge in [-0.15, -0.1) is 11.3 Å². The molecule has 2 heterocycles. The third-order valence-corrected chi connectivity index (χ3v) is 5.40. The first kappa shape index (κ1) is 17.4. The second-order valence-corrected chi connectivity index (χ2v) is 7.29. The van der Waals surface area contributed by atoms with Gasteiger partial charge in [-0.3, -0.25) is 9.59 Å². The first-order chi connectivity index (χ1) is 13.2. The average molecular weight is 375 g/mol. The lowest BCUT2D eigenvalue weighted by Crippen LogP contribution is -2.29. The van der Waals surface area contributed by atoms with Crippen molar-refractivity contribution in [2.24, 2.45) is 10.9 Å². The highest BCUT2D eigenvalue weighted by molar-refractivity contribution is 7.12. The maximum Gasteiger partial charge on any atom is 0.315 e. The predicted molar refractivity (Wildman–Crippen MR) is 106 cm³/mol. The van der Waals surface area contributed by atoms with Gasteiger partial charge in [0.25, 0.3) is 5.91 Å². The summed E-state index contributed by atoms with van der Waals surface area (Å²) < 4.78 is 5.48. The standard InChI is InChI=1S/C22H17NO3S/c24-21(15-7-2-1-3-8-15)23-18(20-11-6-12-27-20)14-17-13-16-9-4-5-10-19(16)26-22(17)25/h1-12,17H,13-14H2/t17-/m0/s1. The van der Waals surface area contributed by atoms with Crippen molar-refractivity contribution in [3.05, 3.63) is 88.1 Å². The Morgan fingerprint density at radius 3 is 2.59 bits per heavy atom. The van der Waals surface area contributed by atoms with Gasteiger partial charge >= 0.3 is 5.97 Å². The Morgan fingerprint density at radius 2 is 1.81 bits per heavy atom. The number of para-hydroxylation sites is 1. The molecular formula is C22H17NO3S. The van der Waals surface area contributed by atoms with Crippen LogP contribution in [0, 0.1) is 5.92 Å². The minimum atomic E-state index is -0.357. The van der Waals surface area contributed by atoms with E-state index in [1.807, 2.05) is 53.9 Å². The zero-order chi connectivity index (χ0) is 18.6. The Labute approximate surface area is 161 Å². The van der Waals surface area contributed by atoms with Crippen LogP contribution in [0.2, 0.25) is 0 Å². The maximum atomic E-state index is 12.6. The van der Waals surface area contributed by atoms with E-state index in [1.165, 1.54) is 11.3 Å². The van der Waals surface area contributed by atoms with Crippen molar-refractivity contribution in [1.82, 2.24) is 0 Å². The third-order valence-electron chi connectivity index (χ3n) is 4.49. The molecule has 134 valence electrons. The number of carbonyl (C=O) groups is 2. The number of esters is 1. The molecule has 4 rings (SSSR count). The summed E-state index contributed by atoms with van der Waals surface area (Å²) in [5.41, 5.74) is 2.16.